The molecule has 1 saturated heterocycles. The molecule has 2 N–H and O–H groups in total. The molecule has 1 fully saturated rings. The number of likely N-dealkylation sites (tertiary alicyclic amines) is 1. The summed E-state index contributed by atoms with van der Waals surface area (Å²) in [5, 5.41) is 0. The van der Waals surface area contributed by atoms with E-state index in [-0.39, 0.29) is 0 Å². The van der Waals surface area contributed by atoms with Crippen LogP contribution >= 0.6 is 0 Å². The third-order valence-corrected chi connectivity index (χ3v) is 2.88. The SMILES string of the molecule is CCCN1CCC(C)CC1CN. The standard InChI is InChI=1S/C10H22N2/c1-3-5-12-6-4-9(2)7-10(12)8-11/h9-10H,3-8,11H2,1-2H3. The third kappa shape index (κ3) is 2.46. The molecule has 1 aliphatic heterocycles. The van der Waals surface area contributed by atoms with Gasteiger partial charge in [0.25, 0.3) is 0 Å². The lowest BCUT2D eigenvalue weighted by atomic mass is 9.92. The first kappa shape index (κ1) is 10.0. The van der Waals surface area contributed by atoms with Crippen LogP contribution in [0.3, 0.4) is 0 Å². The summed E-state index contributed by atoms with van der Waals surface area (Å²) in [7, 11) is 0. The van der Waals surface area contributed by atoms with E-state index < -0.39 is 0 Å². The first-order valence-electron chi connectivity index (χ1n) is 5.22. The Morgan fingerprint density at radius 3 is 2.83 bits per heavy atom. The summed E-state index contributed by atoms with van der Waals surface area (Å²) in [6.07, 6.45) is 3.91. The van der Waals surface area contributed by atoms with Crippen molar-refractivity contribution in [2.75, 3.05) is 19.6 Å². The fourth-order valence-corrected chi connectivity index (χ4v) is 2.13. The Bertz CT molecular complexity index is 125. The van der Waals surface area contributed by atoms with E-state index in [1.165, 1.54) is 32.4 Å². The van der Waals surface area contributed by atoms with Gasteiger partial charge in [-0.1, -0.05) is 13.8 Å². The maximum Gasteiger partial charge on any atom is 0.0220 e. The summed E-state index contributed by atoms with van der Waals surface area (Å²) in [5.74, 6) is 0.881. The molecule has 0 radical (unpaired) electrons. The average Bonchev–Trinajstić information content (AvgIpc) is 2.08. The molecule has 2 heteroatoms. The van der Waals surface area contributed by atoms with Crippen LogP contribution in [-0.2, 0) is 0 Å². The first-order valence-corrected chi connectivity index (χ1v) is 5.22. The Balaban J connectivity index is 2.39. The molecule has 0 aromatic rings. The van der Waals surface area contributed by atoms with Gasteiger partial charge in [-0.3, -0.25) is 4.90 Å². The molecule has 0 aromatic carbocycles. The van der Waals surface area contributed by atoms with E-state index in [0.717, 1.165) is 12.5 Å². The second-order valence-corrected chi connectivity index (χ2v) is 4.06. The molecule has 0 saturated carbocycles. The monoisotopic (exact) mass is 170 g/mol. The van der Waals surface area contributed by atoms with Crippen molar-refractivity contribution in [1.82, 2.24) is 4.90 Å². The molecule has 12 heavy (non-hydrogen) atoms. The van der Waals surface area contributed by atoms with Crippen LogP contribution in [0, 0.1) is 5.92 Å². The van der Waals surface area contributed by atoms with Crippen molar-refractivity contribution in [2.45, 2.75) is 39.2 Å². The third-order valence-electron chi connectivity index (χ3n) is 2.88. The predicted octanol–water partition coefficient (Wildman–Crippen LogP) is 1.46. The molecule has 0 spiro atoms. The number of hydrogen-bond acceptors (Lipinski definition) is 2. The van der Waals surface area contributed by atoms with Crippen molar-refractivity contribution in [1.29, 1.82) is 0 Å². The number of piperidine rings is 1. The van der Waals surface area contributed by atoms with Crippen molar-refractivity contribution in [3.63, 3.8) is 0 Å². The van der Waals surface area contributed by atoms with Gasteiger partial charge in [0, 0.05) is 12.6 Å². The van der Waals surface area contributed by atoms with Crippen molar-refractivity contribution >= 4 is 0 Å². The highest BCUT2D eigenvalue weighted by Gasteiger charge is 2.23. The van der Waals surface area contributed by atoms with Gasteiger partial charge in [0.1, 0.15) is 0 Å². The van der Waals surface area contributed by atoms with Gasteiger partial charge in [-0.25, -0.2) is 0 Å². The Hall–Kier alpha value is -0.0800. The zero-order valence-electron chi connectivity index (χ0n) is 8.42. The zero-order valence-corrected chi connectivity index (χ0v) is 8.42. The van der Waals surface area contributed by atoms with E-state index in [9.17, 15) is 0 Å². The van der Waals surface area contributed by atoms with Crippen molar-refractivity contribution in [3.8, 4) is 0 Å². The molecule has 0 bridgehead atoms. The molecule has 1 aliphatic rings. The van der Waals surface area contributed by atoms with Gasteiger partial charge < -0.3 is 5.73 Å². The van der Waals surface area contributed by atoms with Crippen LogP contribution in [0.2, 0.25) is 0 Å². The van der Waals surface area contributed by atoms with Gasteiger partial charge in [-0.2, -0.15) is 0 Å². The summed E-state index contributed by atoms with van der Waals surface area (Å²) in [6, 6.07) is 0.661. The van der Waals surface area contributed by atoms with Crippen LogP contribution < -0.4 is 5.73 Å². The highest BCUT2D eigenvalue weighted by Crippen LogP contribution is 2.21. The van der Waals surface area contributed by atoms with E-state index in [0.29, 0.717) is 6.04 Å². The summed E-state index contributed by atoms with van der Waals surface area (Å²) in [5.41, 5.74) is 5.74. The second-order valence-electron chi connectivity index (χ2n) is 4.06. The quantitative estimate of drug-likeness (QED) is 0.694. The van der Waals surface area contributed by atoms with Gasteiger partial charge in [0.05, 0.1) is 0 Å². The lowest BCUT2D eigenvalue weighted by Crippen LogP contribution is -2.46. The molecule has 72 valence electrons. The average molecular weight is 170 g/mol. The van der Waals surface area contributed by atoms with Crippen LogP contribution in [0.4, 0.5) is 0 Å². The minimum absolute atomic E-state index is 0.661. The predicted molar refractivity (Wildman–Crippen MR) is 53.1 cm³/mol. The summed E-state index contributed by atoms with van der Waals surface area (Å²) in [6.45, 7) is 7.91. The molecule has 0 amide bonds. The van der Waals surface area contributed by atoms with Crippen LogP contribution in [0.15, 0.2) is 0 Å². The first-order chi connectivity index (χ1) is 5.77. The molecule has 0 aromatic heterocycles. The smallest absolute Gasteiger partial charge is 0.0220 e. The molecule has 0 aliphatic carbocycles. The van der Waals surface area contributed by atoms with Crippen LogP contribution in [0.5, 0.6) is 0 Å². The van der Waals surface area contributed by atoms with Gasteiger partial charge in [-0.05, 0) is 38.3 Å². The Morgan fingerprint density at radius 2 is 2.25 bits per heavy atom. The maximum absolute atomic E-state index is 5.74. The van der Waals surface area contributed by atoms with Crippen molar-refractivity contribution in [3.05, 3.63) is 0 Å². The van der Waals surface area contributed by atoms with Crippen LogP contribution in [0.25, 0.3) is 0 Å². The van der Waals surface area contributed by atoms with E-state index in [2.05, 4.69) is 18.7 Å². The van der Waals surface area contributed by atoms with Crippen molar-refractivity contribution in [2.24, 2.45) is 11.7 Å². The van der Waals surface area contributed by atoms with Crippen LogP contribution in [0.1, 0.15) is 33.1 Å². The number of rotatable bonds is 3. The molecular weight excluding hydrogens is 148 g/mol. The van der Waals surface area contributed by atoms with E-state index >= 15 is 0 Å². The normalized spacial score (nSPS) is 32.2. The van der Waals surface area contributed by atoms with Crippen LogP contribution in [-0.4, -0.2) is 30.6 Å². The lowest BCUT2D eigenvalue weighted by molar-refractivity contribution is 0.123. The minimum atomic E-state index is 0.661. The minimum Gasteiger partial charge on any atom is -0.329 e. The Kier molecular flexibility index (Phi) is 4.02. The summed E-state index contributed by atoms with van der Waals surface area (Å²) in [4.78, 5) is 2.56. The van der Waals surface area contributed by atoms with Crippen molar-refractivity contribution < 1.29 is 0 Å². The van der Waals surface area contributed by atoms with Gasteiger partial charge in [0.15, 0.2) is 0 Å². The topological polar surface area (TPSA) is 29.3 Å². The summed E-state index contributed by atoms with van der Waals surface area (Å²) < 4.78 is 0. The van der Waals surface area contributed by atoms with Gasteiger partial charge in [-0.15, -0.1) is 0 Å². The number of hydrogen-bond donors (Lipinski definition) is 1. The molecule has 2 unspecified atom stereocenters. The van der Waals surface area contributed by atoms with Gasteiger partial charge >= 0.3 is 0 Å². The molecule has 1 heterocycles. The Morgan fingerprint density at radius 1 is 1.50 bits per heavy atom. The zero-order chi connectivity index (χ0) is 8.97. The maximum atomic E-state index is 5.74. The second kappa shape index (κ2) is 4.83. The van der Waals surface area contributed by atoms with E-state index in [1.807, 2.05) is 0 Å². The summed E-state index contributed by atoms with van der Waals surface area (Å²) >= 11 is 0. The van der Waals surface area contributed by atoms with E-state index in [1.54, 1.807) is 0 Å². The van der Waals surface area contributed by atoms with E-state index in [4.69, 9.17) is 5.73 Å². The number of nitrogens with two attached hydrogens (primary N) is 1. The molecule has 1 rings (SSSR count). The fraction of sp³-hybridized carbons (Fsp3) is 1.00. The number of nitrogens with zero attached hydrogens (tertiary/aromatic N) is 1. The highest BCUT2D eigenvalue weighted by molar-refractivity contribution is 4.80. The largest absolute Gasteiger partial charge is 0.329 e. The Labute approximate surface area is 76.1 Å². The fourth-order valence-electron chi connectivity index (χ4n) is 2.13. The lowest BCUT2D eigenvalue weighted by Gasteiger charge is -2.37. The molecule has 2 atom stereocenters. The highest BCUT2D eigenvalue weighted by atomic mass is 15.2. The van der Waals surface area contributed by atoms with Gasteiger partial charge in [0.2, 0.25) is 0 Å². The molecular formula is C10H22N2. The molecule has 2 nitrogen and oxygen atoms in total.